The standard InChI is InChI=1S/C24H30ClFN4O5/c1-15(2)35-20-9-8-18(10-19(20)26)27-21-28-22(33)30(12-24(3,13-31)14-32)23(34)29(21)11-16-4-6-17(25)7-5-16/h4-10,15,21,27,31-32H,11-14H2,1-3H3,(H,28,33). The number of aliphatic hydroxyl groups is 2. The maximum atomic E-state index is 14.5. The van der Waals surface area contributed by atoms with Crippen LogP contribution >= 0.6 is 11.6 Å². The lowest BCUT2D eigenvalue weighted by Gasteiger charge is -2.43. The van der Waals surface area contributed by atoms with Crippen LogP contribution in [-0.4, -0.2) is 64.2 Å². The number of amides is 4. The molecule has 0 aromatic heterocycles. The zero-order valence-corrected chi connectivity index (χ0v) is 20.6. The second-order valence-electron chi connectivity index (χ2n) is 9.06. The van der Waals surface area contributed by atoms with E-state index in [1.54, 1.807) is 51.1 Å². The van der Waals surface area contributed by atoms with Crippen LogP contribution in [0.15, 0.2) is 42.5 Å². The molecule has 11 heteroatoms. The molecule has 1 fully saturated rings. The highest BCUT2D eigenvalue weighted by molar-refractivity contribution is 6.30. The maximum Gasteiger partial charge on any atom is 0.331 e. The second kappa shape index (κ2) is 11.1. The minimum absolute atomic E-state index is 0.0887. The number of anilines is 1. The Morgan fingerprint density at radius 2 is 1.83 bits per heavy atom. The lowest BCUT2D eigenvalue weighted by atomic mass is 9.92. The molecule has 1 unspecified atom stereocenters. The summed E-state index contributed by atoms with van der Waals surface area (Å²) in [6, 6.07) is 9.77. The normalized spacial score (nSPS) is 16.5. The molecule has 0 aliphatic carbocycles. The van der Waals surface area contributed by atoms with Gasteiger partial charge < -0.3 is 20.3 Å². The molecular weight excluding hydrogens is 479 g/mol. The minimum Gasteiger partial charge on any atom is -0.488 e. The average Bonchev–Trinajstić information content (AvgIpc) is 2.82. The van der Waals surface area contributed by atoms with E-state index in [0.29, 0.717) is 10.7 Å². The summed E-state index contributed by atoms with van der Waals surface area (Å²) in [5.41, 5.74) is -0.0272. The zero-order chi connectivity index (χ0) is 25.8. The zero-order valence-electron chi connectivity index (χ0n) is 19.8. The molecule has 9 nitrogen and oxygen atoms in total. The van der Waals surface area contributed by atoms with Gasteiger partial charge in [0.25, 0.3) is 0 Å². The first kappa shape index (κ1) is 26.5. The van der Waals surface area contributed by atoms with E-state index >= 15 is 0 Å². The van der Waals surface area contributed by atoms with Crippen molar-refractivity contribution in [2.24, 2.45) is 5.41 Å². The average molecular weight is 509 g/mol. The number of urea groups is 2. The number of carbonyl (C=O) groups is 2. The fourth-order valence-electron chi connectivity index (χ4n) is 3.45. The maximum absolute atomic E-state index is 14.5. The Kier molecular flexibility index (Phi) is 8.42. The number of rotatable bonds is 10. The van der Waals surface area contributed by atoms with Crippen molar-refractivity contribution < 1.29 is 28.9 Å². The molecule has 1 aliphatic rings. The van der Waals surface area contributed by atoms with Crippen molar-refractivity contribution in [2.75, 3.05) is 25.1 Å². The van der Waals surface area contributed by atoms with E-state index in [9.17, 15) is 24.2 Å². The molecule has 1 aliphatic heterocycles. The van der Waals surface area contributed by atoms with E-state index < -0.39 is 42.8 Å². The summed E-state index contributed by atoms with van der Waals surface area (Å²) in [5.74, 6) is -0.504. The summed E-state index contributed by atoms with van der Waals surface area (Å²) >= 11 is 5.97. The number of ether oxygens (including phenoxy) is 1. The van der Waals surface area contributed by atoms with Gasteiger partial charge in [-0.25, -0.2) is 18.9 Å². The number of nitrogens with zero attached hydrogens (tertiary/aromatic N) is 2. The number of imide groups is 1. The monoisotopic (exact) mass is 508 g/mol. The molecule has 4 N–H and O–H groups in total. The summed E-state index contributed by atoms with van der Waals surface area (Å²) in [7, 11) is 0. The Bertz CT molecular complexity index is 1050. The van der Waals surface area contributed by atoms with Crippen molar-refractivity contribution in [3.05, 3.63) is 58.9 Å². The van der Waals surface area contributed by atoms with Crippen molar-refractivity contribution in [1.82, 2.24) is 15.1 Å². The Morgan fingerprint density at radius 3 is 2.40 bits per heavy atom. The van der Waals surface area contributed by atoms with E-state index in [4.69, 9.17) is 16.3 Å². The quantitative estimate of drug-likeness (QED) is 0.390. The van der Waals surface area contributed by atoms with Gasteiger partial charge in [0.2, 0.25) is 0 Å². The molecule has 0 saturated carbocycles. The van der Waals surface area contributed by atoms with E-state index in [-0.39, 0.29) is 24.9 Å². The smallest absolute Gasteiger partial charge is 0.331 e. The number of halogens is 2. The summed E-state index contributed by atoms with van der Waals surface area (Å²) in [4.78, 5) is 28.6. The van der Waals surface area contributed by atoms with Crippen molar-refractivity contribution >= 4 is 29.4 Å². The SMILES string of the molecule is CC(C)Oc1ccc(NC2NC(=O)N(CC(C)(CO)CO)C(=O)N2Cc2ccc(Cl)cc2)cc1F. The van der Waals surface area contributed by atoms with Gasteiger partial charge >= 0.3 is 12.1 Å². The third kappa shape index (κ3) is 6.53. The highest BCUT2D eigenvalue weighted by Gasteiger charge is 2.41. The minimum atomic E-state index is -1.09. The van der Waals surface area contributed by atoms with E-state index in [0.717, 1.165) is 10.5 Å². The van der Waals surface area contributed by atoms with Gasteiger partial charge in [0.05, 0.1) is 25.9 Å². The Labute approximate surface area is 208 Å². The predicted octanol–water partition coefficient (Wildman–Crippen LogP) is 3.60. The highest BCUT2D eigenvalue weighted by Crippen LogP contribution is 2.26. The number of hydrogen-bond donors (Lipinski definition) is 4. The third-order valence-corrected chi connectivity index (χ3v) is 5.71. The number of hydrogen-bond acceptors (Lipinski definition) is 6. The summed E-state index contributed by atoms with van der Waals surface area (Å²) in [5, 5.41) is 25.5. The molecule has 3 rings (SSSR count). The number of nitrogens with one attached hydrogen (secondary N) is 2. The molecule has 4 amide bonds. The molecule has 1 atom stereocenters. The molecule has 190 valence electrons. The van der Waals surface area contributed by atoms with Crippen LogP contribution in [0.25, 0.3) is 0 Å². The van der Waals surface area contributed by atoms with Gasteiger partial charge in [-0.2, -0.15) is 0 Å². The Hall–Kier alpha value is -3.08. The number of aliphatic hydroxyl groups excluding tert-OH is 2. The van der Waals surface area contributed by atoms with Gasteiger partial charge in [0.1, 0.15) is 0 Å². The fraction of sp³-hybridized carbons (Fsp3) is 0.417. The number of benzene rings is 2. The molecule has 35 heavy (non-hydrogen) atoms. The number of carbonyl (C=O) groups excluding carboxylic acids is 2. The molecule has 1 saturated heterocycles. The molecule has 0 radical (unpaired) electrons. The van der Waals surface area contributed by atoms with Crippen LogP contribution in [0, 0.1) is 11.2 Å². The second-order valence-corrected chi connectivity index (χ2v) is 9.49. The lowest BCUT2D eigenvalue weighted by Crippen LogP contribution is -2.68. The summed E-state index contributed by atoms with van der Waals surface area (Å²) < 4.78 is 19.9. The molecule has 1 heterocycles. The topological polar surface area (TPSA) is 114 Å². The molecular formula is C24H30ClFN4O5. The molecule has 2 aromatic carbocycles. The van der Waals surface area contributed by atoms with E-state index in [2.05, 4.69) is 10.6 Å². The van der Waals surface area contributed by atoms with Crippen molar-refractivity contribution in [3.8, 4) is 5.75 Å². The van der Waals surface area contributed by atoms with Gasteiger partial charge in [-0.05, 0) is 43.7 Å². The first-order valence-corrected chi connectivity index (χ1v) is 11.5. The van der Waals surface area contributed by atoms with Crippen LogP contribution in [0.5, 0.6) is 5.75 Å². The molecule has 2 aromatic rings. The van der Waals surface area contributed by atoms with Gasteiger partial charge in [-0.1, -0.05) is 30.7 Å². The summed E-state index contributed by atoms with van der Waals surface area (Å²) in [6.07, 6.45) is -1.21. The van der Waals surface area contributed by atoms with Crippen LogP contribution in [0.4, 0.5) is 19.7 Å². The van der Waals surface area contributed by atoms with Crippen molar-refractivity contribution in [3.63, 3.8) is 0 Å². The van der Waals surface area contributed by atoms with Crippen LogP contribution < -0.4 is 15.4 Å². The summed E-state index contributed by atoms with van der Waals surface area (Å²) in [6.45, 7) is 4.17. The predicted molar refractivity (Wildman–Crippen MR) is 129 cm³/mol. The largest absolute Gasteiger partial charge is 0.488 e. The van der Waals surface area contributed by atoms with Crippen molar-refractivity contribution in [2.45, 2.75) is 39.7 Å². The fourth-order valence-corrected chi connectivity index (χ4v) is 3.58. The van der Waals surface area contributed by atoms with Crippen LogP contribution in [0.2, 0.25) is 5.02 Å². The van der Waals surface area contributed by atoms with Gasteiger partial charge in [0.15, 0.2) is 17.9 Å². The van der Waals surface area contributed by atoms with Crippen LogP contribution in [0.1, 0.15) is 26.3 Å². The Morgan fingerprint density at radius 1 is 1.17 bits per heavy atom. The van der Waals surface area contributed by atoms with Crippen molar-refractivity contribution in [1.29, 1.82) is 0 Å². The third-order valence-electron chi connectivity index (χ3n) is 5.46. The molecule has 0 bridgehead atoms. The lowest BCUT2D eigenvalue weighted by molar-refractivity contribution is 0.0362. The van der Waals surface area contributed by atoms with Crippen LogP contribution in [0.3, 0.4) is 0 Å². The van der Waals surface area contributed by atoms with E-state index in [1.807, 2.05) is 0 Å². The first-order valence-electron chi connectivity index (χ1n) is 11.1. The van der Waals surface area contributed by atoms with Gasteiger partial charge in [-0.15, -0.1) is 0 Å². The van der Waals surface area contributed by atoms with Gasteiger partial charge in [0, 0.05) is 28.7 Å². The van der Waals surface area contributed by atoms with E-state index in [1.165, 1.54) is 17.0 Å². The van der Waals surface area contributed by atoms with Crippen LogP contribution in [-0.2, 0) is 6.54 Å². The first-order chi connectivity index (χ1) is 16.5. The molecule has 0 spiro atoms. The van der Waals surface area contributed by atoms with Gasteiger partial charge in [-0.3, -0.25) is 10.2 Å². The highest BCUT2D eigenvalue weighted by atomic mass is 35.5. The Balaban J connectivity index is 1.88.